The molecule has 0 unspecified atom stereocenters. The zero-order valence-corrected chi connectivity index (χ0v) is 10.2. The van der Waals surface area contributed by atoms with Crippen LogP contribution in [0.25, 0.3) is 11.5 Å². The van der Waals surface area contributed by atoms with Crippen LogP contribution in [0.1, 0.15) is 17.8 Å². The molecule has 0 aliphatic heterocycles. The van der Waals surface area contributed by atoms with Crippen LogP contribution < -0.4 is 5.73 Å². The van der Waals surface area contributed by atoms with Gasteiger partial charge in [-0.1, -0.05) is 11.2 Å². The second-order valence-electron chi connectivity index (χ2n) is 4.20. The van der Waals surface area contributed by atoms with E-state index < -0.39 is 12.6 Å². The average molecular weight is 271 g/mol. The van der Waals surface area contributed by atoms with E-state index in [4.69, 9.17) is 10.3 Å². The number of aromatic nitrogens is 2. The molecule has 19 heavy (non-hydrogen) atoms. The molecular formula is C12H12F3N3O. The Bertz CT molecular complexity index is 578. The van der Waals surface area contributed by atoms with Gasteiger partial charge in [0, 0.05) is 17.7 Å². The lowest BCUT2D eigenvalue weighted by Crippen LogP contribution is -2.09. The van der Waals surface area contributed by atoms with E-state index in [-0.39, 0.29) is 18.1 Å². The number of nitrogens with zero attached hydrogens (tertiary/aromatic N) is 2. The molecule has 7 heteroatoms. The zero-order valence-electron chi connectivity index (χ0n) is 10.2. The number of nitrogen functional groups attached to an aromatic ring is 1. The Labute approximate surface area is 107 Å². The standard InChI is InChI=1S/C12H12F3N3O/c1-7-2-3-8(6-9(7)16)11-17-10(18-19-11)4-5-12(13,14)15/h2-3,6H,4-5,16H2,1H3. The summed E-state index contributed by atoms with van der Waals surface area (Å²) in [5.74, 6) is 0.204. The van der Waals surface area contributed by atoms with E-state index in [0.717, 1.165) is 5.56 Å². The minimum atomic E-state index is -4.23. The molecule has 0 radical (unpaired) electrons. The highest BCUT2D eigenvalue weighted by molar-refractivity contribution is 5.62. The summed E-state index contributed by atoms with van der Waals surface area (Å²) >= 11 is 0. The molecule has 2 rings (SSSR count). The normalized spacial score (nSPS) is 11.8. The summed E-state index contributed by atoms with van der Waals surface area (Å²) in [5, 5.41) is 3.52. The summed E-state index contributed by atoms with van der Waals surface area (Å²) in [6.45, 7) is 1.85. The second-order valence-corrected chi connectivity index (χ2v) is 4.20. The van der Waals surface area contributed by atoms with Gasteiger partial charge in [0.25, 0.3) is 5.89 Å². The summed E-state index contributed by atoms with van der Waals surface area (Å²) in [4.78, 5) is 3.92. The predicted octanol–water partition coefficient (Wildman–Crippen LogP) is 3.12. The topological polar surface area (TPSA) is 64.9 Å². The Morgan fingerprint density at radius 3 is 2.68 bits per heavy atom. The largest absolute Gasteiger partial charge is 0.398 e. The van der Waals surface area contributed by atoms with Crippen LogP contribution in [-0.2, 0) is 6.42 Å². The molecule has 2 N–H and O–H groups in total. The van der Waals surface area contributed by atoms with Crippen molar-refractivity contribution in [3.05, 3.63) is 29.6 Å². The minimum absolute atomic E-state index is 0.0338. The van der Waals surface area contributed by atoms with E-state index in [1.807, 2.05) is 6.92 Å². The third kappa shape index (κ3) is 3.46. The van der Waals surface area contributed by atoms with Gasteiger partial charge in [0.05, 0.1) is 6.42 Å². The number of alkyl halides is 3. The number of nitrogens with two attached hydrogens (primary N) is 1. The number of hydrogen-bond donors (Lipinski definition) is 1. The van der Waals surface area contributed by atoms with Crippen LogP contribution in [0.5, 0.6) is 0 Å². The first-order valence-electron chi connectivity index (χ1n) is 5.61. The van der Waals surface area contributed by atoms with Gasteiger partial charge in [0.2, 0.25) is 0 Å². The van der Waals surface area contributed by atoms with Crippen LogP contribution in [0.4, 0.5) is 18.9 Å². The molecule has 0 spiro atoms. The minimum Gasteiger partial charge on any atom is -0.398 e. The van der Waals surface area contributed by atoms with Crippen LogP contribution in [0, 0.1) is 6.92 Å². The highest BCUT2D eigenvalue weighted by Crippen LogP contribution is 2.24. The molecule has 1 heterocycles. The summed E-state index contributed by atoms with van der Waals surface area (Å²) in [5.41, 5.74) is 7.80. The van der Waals surface area contributed by atoms with Gasteiger partial charge in [-0.25, -0.2) is 0 Å². The Balaban J connectivity index is 2.14. The Hall–Kier alpha value is -2.05. The fraction of sp³-hybridized carbons (Fsp3) is 0.333. The quantitative estimate of drug-likeness (QED) is 0.871. The monoisotopic (exact) mass is 271 g/mol. The third-order valence-electron chi connectivity index (χ3n) is 2.63. The molecule has 2 aromatic rings. The molecule has 102 valence electrons. The first-order chi connectivity index (χ1) is 8.85. The van der Waals surface area contributed by atoms with Crippen LogP contribution in [0.15, 0.2) is 22.7 Å². The van der Waals surface area contributed by atoms with Crippen molar-refractivity contribution in [1.82, 2.24) is 10.1 Å². The van der Waals surface area contributed by atoms with Crippen molar-refractivity contribution in [1.29, 1.82) is 0 Å². The Morgan fingerprint density at radius 1 is 1.32 bits per heavy atom. The van der Waals surface area contributed by atoms with Crippen LogP contribution in [-0.4, -0.2) is 16.3 Å². The van der Waals surface area contributed by atoms with Gasteiger partial charge in [-0.2, -0.15) is 18.2 Å². The SMILES string of the molecule is Cc1ccc(-c2nc(CCC(F)(F)F)no2)cc1N. The van der Waals surface area contributed by atoms with Crippen molar-refractivity contribution in [2.24, 2.45) is 0 Å². The fourth-order valence-electron chi connectivity index (χ4n) is 1.50. The molecular weight excluding hydrogens is 259 g/mol. The Kier molecular flexibility index (Phi) is 3.46. The molecule has 0 atom stereocenters. The second kappa shape index (κ2) is 4.91. The van der Waals surface area contributed by atoms with Crippen LogP contribution in [0.3, 0.4) is 0 Å². The molecule has 0 saturated carbocycles. The van der Waals surface area contributed by atoms with Crippen LogP contribution >= 0.6 is 0 Å². The highest BCUT2D eigenvalue weighted by atomic mass is 19.4. The van der Waals surface area contributed by atoms with E-state index in [1.165, 1.54) is 0 Å². The van der Waals surface area contributed by atoms with Gasteiger partial charge in [0.15, 0.2) is 5.82 Å². The number of rotatable bonds is 3. The predicted molar refractivity (Wildman–Crippen MR) is 63.3 cm³/mol. The summed E-state index contributed by atoms with van der Waals surface area (Å²) < 4.78 is 41.1. The van der Waals surface area contributed by atoms with Crippen molar-refractivity contribution in [2.45, 2.75) is 25.9 Å². The lowest BCUT2D eigenvalue weighted by molar-refractivity contribution is -0.134. The maximum atomic E-state index is 12.1. The first-order valence-corrected chi connectivity index (χ1v) is 5.61. The van der Waals surface area contributed by atoms with E-state index >= 15 is 0 Å². The maximum Gasteiger partial charge on any atom is 0.389 e. The highest BCUT2D eigenvalue weighted by Gasteiger charge is 2.27. The molecule has 0 saturated heterocycles. The smallest absolute Gasteiger partial charge is 0.389 e. The van der Waals surface area contributed by atoms with Gasteiger partial charge >= 0.3 is 6.18 Å². The summed E-state index contributed by atoms with van der Waals surface area (Å²) in [6, 6.07) is 5.16. The van der Waals surface area contributed by atoms with Crippen molar-refractivity contribution in [2.75, 3.05) is 5.73 Å². The first kappa shape index (κ1) is 13.4. The average Bonchev–Trinajstić information content (AvgIpc) is 2.78. The molecule has 1 aromatic heterocycles. The molecule has 0 aliphatic carbocycles. The van der Waals surface area contributed by atoms with E-state index in [0.29, 0.717) is 11.3 Å². The lowest BCUT2D eigenvalue weighted by atomic mass is 10.1. The van der Waals surface area contributed by atoms with Gasteiger partial charge in [-0.05, 0) is 24.6 Å². The number of anilines is 1. The fourth-order valence-corrected chi connectivity index (χ4v) is 1.50. The molecule has 1 aromatic carbocycles. The maximum absolute atomic E-state index is 12.1. The summed E-state index contributed by atoms with van der Waals surface area (Å²) in [7, 11) is 0. The number of hydrogen-bond acceptors (Lipinski definition) is 4. The molecule has 0 bridgehead atoms. The number of halogens is 3. The number of aryl methyl sites for hydroxylation is 2. The number of benzene rings is 1. The molecule has 0 amide bonds. The lowest BCUT2D eigenvalue weighted by Gasteiger charge is -2.02. The van der Waals surface area contributed by atoms with Gasteiger partial charge in [-0.15, -0.1) is 0 Å². The van der Waals surface area contributed by atoms with Crippen molar-refractivity contribution < 1.29 is 17.7 Å². The third-order valence-corrected chi connectivity index (χ3v) is 2.63. The van der Waals surface area contributed by atoms with Crippen molar-refractivity contribution in [3.63, 3.8) is 0 Å². The summed E-state index contributed by atoms with van der Waals surface area (Å²) in [6.07, 6.45) is -5.49. The van der Waals surface area contributed by atoms with Crippen LogP contribution in [0.2, 0.25) is 0 Å². The van der Waals surface area contributed by atoms with E-state index in [9.17, 15) is 13.2 Å². The molecule has 0 fully saturated rings. The van der Waals surface area contributed by atoms with Crippen molar-refractivity contribution in [3.8, 4) is 11.5 Å². The zero-order chi connectivity index (χ0) is 14.0. The van der Waals surface area contributed by atoms with Crippen molar-refractivity contribution >= 4 is 5.69 Å². The van der Waals surface area contributed by atoms with Gasteiger partial charge in [0.1, 0.15) is 0 Å². The molecule has 4 nitrogen and oxygen atoms in total. The molecule has 0 aliphatic rings. The van der Waals surface area contributed by atoms with E-state index in [2.05, 4.69) is 10.1 Å². The Morgan fingerprint density at radius 2 is 2.05 bits per heavy atom. The van der Waals surface area contributed by atoms with Gasteiger partial charge in [-0.3, -0.25) is 0 Å². The van der Waals surface area contributed by atoms with Gasteiger partial charge < -0.3 is 10.3 Å². The van der Waals surface area contributed by atoms with E-state index in [1.54, 1.807) is 18.2 Å².